The molecule has 0 aromatic heterocycles. The van der Waals surface area contributed by atoms with E-state index in [4.69, 9.17) is 16.9 Å². The molecule has 1 aromatic rings. The number of rotatable bonds is 2. The molecule has 3 atom stereocenters. The molecule has 1 N–H and O–H groups in total. The number of aliphatic hydroxyl groups is 1. The van der Waals surface area contributed by atoms with Crippen LogP contribution in [-0.2, 0) is 0 Å². The Morgan fingerprint density at radius 2 is 2.15 bits per heavy atom. The van der Waals surface area contributed by atoms with Gasteiger partial charge in [0.15, 0.2) is 6.19 Å². The molecule has 0 saturated carbocycles. The summed E-state index contributed by atoms with van der Waals surface area (Å²) in [5.74, 6) is 0. The summed E-state index contributed by atoms with van der Waals surface area (Å²) >= 11 is 7.94. The molecule has 0 radical (unpaired) electrons. The van der Waals surface area contributed by atoms with Gasteiger partial charge in [-0.05, 0) is 11.5 Å². The van der Waals surface area contributed by atoms with E-state index in [-0.39, 0.29) is 11.4 Å². The van der Waals surface area contributed by atoms with E-state index in [1.54, 1.807) is 16.7 Å². The maximum absolute atomic E-state index is 10.2. The second-order valence-corrected chi connectivity index (χ2v) is 6.28. The highest BCUT2D eigenvalue weighted by molar-refractivity contribution is 8.02. The maximum atomic E-state index is 10.2. The van der Waals surface area contributed by atoms with Crippen molar-refractivity contribution in [3.8, 4) is 6.19 Å². The average Bonchev–Trinajstić information content (AvgIpc) is 3.05. The molecular weight excluding hydrogens is 294 g/mol. The largest absolute Gasteiger partial charge is 0.389 e. The normalized spacial score (nSPS) is 28.9. The van der Waals surface area contributed by atoms with E-state index < -0.39 is 6.10 Å². The van der Waals surface area contributed by atoms with Gasteiger partial charge in [-0.1, -0.05) is 29.8 Å². The minimum absolute atomic E-state index is 0.0574. The van der Waals surface area contributed by atoms with E-state index in [0.29, 0.717) is 13.1 Å². The van der Waals surface area contributed by atoms with Crippen LogP contribution in [0.4, 0.5) is 0 Å². The molecule has 104 valence electrons. The molecule has 4 nitrogen and oxygen atoms in total. The van der Waals surface area contributed by atoms with Crippen LogP contribution >= 0.6 is 23.4 Å². The fraction of sp³-hybridized carbons (Fsp3) is 0.357. The predicted octanol–water partition coefficient (Wildman–Crippen LogP) is 2.38. The molecule has 1 unspecified atom stereocenters. The maximum Gasteiger partial charge on any atom is 0.179 e. The Hall–Kier alpha value is -1.35. The average molecular weight is 308 g/mol. The van der Waals surface area contributed by atoms with E-state index >= 15 is 0 Å². The van der Waals surface area contributed by atoms with Crippen molar-refractivity contribution in [2.45, 2.75) is 17.5 Å². The van der Waals surface area contributed by atoms with Gasteiger partial charge in [0, 0.05) is 16.8 Å². The van der Waals surface area contributed by atoms with Crippen LogP contribution in [0.1, 0.15) is 10.9 Å². The highest BCUT2D eigenvalue weighted by Gasteiger charge is 2.39. The first kappa shape index (κ1) is 13.6. The van der Waals surface area contributed by atoms with E-state index in [9.17, 15) is 5.11 Å². The quantitative estimate of drug-likeness (QED) is 0.850. The van der Waals surface area contributed by atoms with Crippen molar-refractivity contribution in [3.05, 3.63) is 46.5 Å². The molecule has 1 aromatic carbocycles. The molecule has 0 aliphatic carbocycles. The van der Waals surface area contributed by atoms with Crippen molar-refractivity contribution in [2.24, 2.45) is 0 Å². The van der Waals surface area contributed by atoms with Crippen molar-refractivity contribution < 1.29 is 5.11 Å². The number of benzene rings is 1. The Labute approximate surface area is 127 Å². The van der Waals surface area contributed by atoms with Crippen molar-refractivity contribution in [2.75, 3.05) is 13.1 Å². The molecule has 1 fully saturated rings. The lowest BCUT2D eigenvalue weighted by Crippen LogP contribution is -2.40. The van der Waals surface area contributed by atoms with Crippen LogP contribution in [0, 0.1) is 11.5 Å². The Bertz CT molecular complexity index is 574. The number of hydrogen-bond donors (Lipinski definition) is 1. The third-order valence-electron chi connectivity index (χ3n) is 3.67. The van der Waals surface area contributed by atoms with Gasteiger partial charge in [-0.25, -0.2) is 0 Å². The zero-order valence-corrected chi connectivity index (χ0v) is 12.3. The number of aliphatic hydroxyl groups excluding tert-OH is 1. The smallest absolute Gasteiger partial charge is 0.179 e. The minimum atomic E-state index is -0.525. The Kier molecular flexibility index (Phi) is 3.79. The first-order valence-electron chi connectivity index (χ1n) is 6.37. The molecule has 3 rings (SSSR count). The number of halogens is 1. The number of nitriles is 1. The number of hydrogen-bond acceptors (Lipinski definition) is 5. The van der Waals surface area contributed by atoms with Gasteiger partial charge in [-0.15, -0.1) is 11.8 Å². The zero-order valence-electron chi connectivity index (χ0n) is 10.7. The van der Waals surface area contributed by atoms with Crippen molar-refractivity contribution in [3.63, 3.8) is 0 Å². The van der Waals surface area contributed by atoms with Crippen LogP contribution < -0.4 is 0 Å². The van der Waals surface area contributed by atoms with E-state index in [0.717, 1.165) is 10.6 Å². The molecule has 20 heavy (non-hydrogen) atoms. The standard InChI is InChI=1S/C14H14ClN3OS/c15-11-4-2-1-3-10(11)14-18(5-6-20-14)12-7-17(9-16)8-13(12)19/h1-6,12-14,19H,7-8H2/t12-,13-,14?/m1/s1. The van der Waals surface area contributed by atoms with Gasteiger partial charge in [-0.2, -0.15) is 5.26 Å². The van der Waals surface area contributed by atoms with Crippen LogP contribution in [0.2, 0.25) is 5.02 Å². The number of likely N-dealkylation sites (tertiary alicyclic amines) is 1. The van der Waals surface area contributed by atoms with Gasteiger partial charge in [0.05, 0.1) is 25.2 Å². The Balaban J connectivity index is 1.85. The van der Waals surface area contributed by atoms with E-state index in [1.165, 1.54) is 0 Å². The van der Waals surface area contributed by atoms with Gasteiger partial charge in [0.2, 0.25) is 0 Å². The lowest BCUT2D eigenvalue weighted by Gasteiger charge is -2.32. The minimum Gasteiger partial charge on any atom is -0.389 e. The summed E-state index contributed by atoms with van der Waals surface area (Å²) in [6, 6.07) is 7.67. The lowest BCUT2D eigenvalue weighted by molar-refractivity contribution is 0.107. The molecule has 2 heterocycles. The summed E-state index contributed by atoms with van der Waals surface area (Å²) in [4.78, 5) is 3.70. The summed E-state index contributed by atoms with van der Waals surface area (Å²) < 4.78 is 0. The summed E-state index contributed by atoms with van der Waals surface area (Å²) in [5.41, 5.74) is 1.03. The van der Waals surface area contributed by atoms with Gasteiger partial charge in [0.25, 0.3) is 0 Å². The third-order valence-corrected chi connectivity index (χ3v) is 5.04. The van der Waals surface area contributed by atoms with Crippen LogP contribution in [0.15, 0.2) is 35.9 Å². The highest BCUT2D eigenvalue weighted by atomic mass is 35.5. The molecule has 1 saturated heterocycles. The Morgan fingerprint density at radius 3 is 2.85 bits per heavy atom. The monoisotopic (exact) mass is 307 g/mol. The first-order chi connectivity index (χ1) is 9.70. The fourth-order valence-electron chi connectivity index (χ4n) is 2.67. The molecule has 0 spiro atoms. The molecule has 0 bridgehead atoms. The Morgan fingerprint density at radius 1 is 1.35 bits per heavy atom. The molecule has 0 amide bonds. The molecule has 6 heteroatoms. The molecular formula is C14H14ClN3OS. The summed E-state index contributed by atoms with van der Waals surface area (Å²) in [6.07, 6.45) is 3.56. The SMILES string of the molecule is N#CN1C[C@@H](O)[C@H](N2C=CSC2c2ccccc2Cl)C1. The van der Waals surface area contributed by atoms with Gasteiger partial charge in [-0.3, -0.25) is 0 Å². The van der Waals surface area contributed by atoms with Gasteiger partial charge >= 0.3 is 0 Å². The van der Waals surface area contributed by atoms with Crippen molar-refractivity contribution in [1.29, 1.82) is 5.26 Å². The van der Waals surface area contributed by atoms with Gasteiger partial charge in [0.1, 0.15) is 5.37 Å². The molecule has 2 aliphatic rings. The van der Waals surface area contributed by atoms with E-state index in [1.807, 2.05) is 35.9 Å². The highest BCUT2D eigenvalue weighted by Crippen LogP contribution is 2.43. The van der Waals surface area contributed by atoms with Crippen LogP contribution in [0.5, 0.6) is 0 Å². The number of β-amino-alcohol motifs (C(OH)–C–C–N with tert-alkyl or cyclic N) is 1. The number of thioether (sulfide) groups is 1. The van der Waals surface area contributed by atoms with Crippen LogP contribution in [-0.4, -0.2) is 40.1 Å². The third kappa shape index (κ3) is 2.35. The topological polar surface area (TPSA) is 50.5 Å². The first-order valence-corrected chi connectivity index (χ1v) is 7.69. The second kappa shape index (κ2) is 5.57. The predicted molar refractivity (Wildman–Crippen MR) is 79.7 cm³/mol. The summed E-state index contributed by atoms with van der Waals surface area (Å²) in [6.45, 7) is 0.939. The molecule has 2 aliphatic heterocycles. The lowest BCUT2D eigenvalue weighted by atomic mass is 10.1. The fourth-order valence-corrected chi connectivity index (χ4v) is 4.05. The van der Waals surface area contributed by atoms with Crippen molar-refractivity contribution >= 4 is 23.4 Å². The van der Waals surface area contributed by atoms with Gasteiger partial charge < -0.3 is 14.9 Å². The summed E-state index contributed by atoms with van der Waals surface area (Å²) in [7, 11) is 0. The van der Waals surface area contributed by atoms with Crippen LogP contribution in [0.25, 0.3) is 0 Å². The second-order valence-electron chi connectivity index (χ2n) is 4.88. The van der Waals surface area contributed by atoms with Crippen molar-refractivity contribution in [1.82, 2.24) is 9.80 Å². The zero-order chi connectivity index (χ0) is 14.1. The van der Waals surface area contributed by atoms with Crippen LogP contribution in [0.3, 0.4) is 0 Å². The van der Waals surface area contributed by atoms with E-state index in [2.05, 4.69) is 11.1 Å². The summed E-state index contributed by atoms with van der Waals surface area (Å²) in [5, 5.41) is 21.9. The number of nitrogens with zero attached hydrogens (tertiary/aromatic N) is 3.